The summed E-state index contributed by atoms with van der Waals surface area (Å²) in [4.78, 5) is 24.5. The highest BCUT2D eigenvalue weighted by molar-refractivity contribution is 5.93. The molecule has 0 atom stereocenters. The van der Waals surface area contributed by atoms with Crippen LogP contribution in [0.3, 0.4) is 0 Å². The van der Waals surface area contributed by atoms with Crippen molar-refractivity contribution in [3.05, 3.63) is 69.6 Å². The molecule has 1 amide bonds. The number of aryl methyl sites for hydroxylation is 2. The largest absolute Gasteiger partial charge is 0.497 e. The van der Waals surface area contributed by atoms with Crippen molar-refractivity contribution in [2.45, 2.75) is 20.3 Å². The van der Waals surface area contributed by atoms with Crippen LogP contribution in [0.2, 0.25) is 0 Å². The van der Waals surface area contributed by atoms with Gasteiger partial charge in [0.1, 0.15) is 17.1 Å². The molecule has 3 aromatic rings. The van der Waals surface area contributed by atoms with E-state index in [9.17, 15) is 9.59 Å². The van der Waals surface area contributed by atoms with Gasteiger partial charge in [-0.3, -0.25) is 9.59 Å². The zero-order chi connectivity index (χ0) is 18.0. The number of carbonyl (C=O) groups is 1. The van der Waals surface area contributed by atoms with Crippen molar-refractivity contribution in [3.8, 4) is 5.75 Å². The van der Waals surface area contributed by atoms with Gasteiger partial charge in [-0.05, 0) is 43.2 Å². The van der Waals surface area contributed by atoms with E-state index >= 15 is 0 Å². The number of rotatable bonds is 4. The van der Waals surface area contributed by atoms with Gasteiger partial charge in [-0.15, -0.1) is 0 Å². The van der Waals surface area contributed by atoms with E-state index < -0.39 is 0 Å². The third kappa shape index (κ3) is 3.71. The first-order valence-electron chi connectivity index (χ1n) is 7.94. The molecular weight excluding hydrogens is 318 g/mol. The topological polar surface area (TPSA) is 68.5 Å². The highest BCUT2D eigenvalue weighted by Crippen LogP contribution is 2.20. The molecule has 0 saturated carbocycles. The molecule has 0 saturated heterocycles. The maximum absolute atomic E-state index is 12.3. The Balaban J connectivity index is 1.85. The lowest BCUT2D eigenvalue weighted by Crippen LogP contribution is -2.16. The number of methoxy groups -OCH3 is 1. The predicted molar refractivity (Wildman–Crippen MR) is 97.3 cm³/mol. The van der Waals surface area contributed by atoms with Crippen LogP contribution < -0.4 is 15.5 Å². The second-order valence-corrected chi connectivity index (χ2v) is 5.98. The molecule has 0 aliphatic heterocycles. The van der Waals surface area contributed by atoms with Gasteiger partial charge in [-0.2, -0.15) is 0 Å². The van der Waals surface area contributed by atoms with Gasteiger partial charge in [0.05, 0.1) is 18.9 Å². The number of carbonyl (C=O) groups excluding carboxylic acids is 1. The zero-order valence-corrected chi connectivity index (χ0v) is 14.4. The number of nitrogens with one attached hydrogen (secondary N) is 1. The van der Waals surface area contributed by atoms with E-state index in [4.69, 9.17) is 9.15 Å². The molecule has 5 nitrogen and oxygen atoms in total. The fourth-order valence-electron chi connectivity index (χ4n) is 2.62. The van der Waals surface area contributed by atoms with Crippen molar-refractivity contribution in [3.63, 3.8) is 0 Å². The summed E-state index contributed by atoms with van der Waals surface area (Å²) in [6.07, 6.45) is -0.0181. The summed E-state index contributed by atoms with van der Waals surface area (Å²) in [5, 5.41) is 3.32. The maximum Gasteiger partial charge on any atom is 0.232 e. The molecule has 1 aromatic heterocycles. The van der Waals surface area contributed by atoms with Crippen LogP contribution in [0.15, 0.2) is 51.7 Å². The highest BCUT2D eigenvalue weighted by Gasteiger charge is 2.11. The summed E-state index contributed by atoms with van der Waals surface area (Å²) in [5.74, 6) is 0.667. The lowest BCUT2D eigenvalue weighted by Gasteiger charge is -2.09. The molecule has 1 heterocycles. The quantitative estimate of drug-likeness (QED) is 0.790. The fourth-order valence-corrected chi connectivity index (χ4v) is 2.62. The van der Waals surface area contributed by atoms with Crippen molar-refractivity contribution < 1.29 is 13.9 Å². The van der Waals surface area contributed by atoms with E-state index in [-0.39, 0.29) is 17.8 Å². The number of benzene rings is 2. The number of anilines is 1. The smallest absolute Gasteiger partial charge is 0.232 e. The van der Waals surface area contributed by atoms with Crippen LogP contribution in [-0.2, 0) is 11.2 Å². The van der Waals surface area contributed by atoms with Crippen LogP contribution in [0, 0.1) is 13.8 Å². The number of amides is 1. The fraction of sp³-hybridized carbons (Fsp3) is 0.200. The van der Waals surface area contributed by atoms with Crippen molar-refractivity contribution in [2.75, 3.05) is 12.4 Å². The lowest BCUT2D eigenvalue weighted by molar-refractivity contribution is -0.115. The SMILES string of the molecule is COc1ccc2c(=O)cc(CC(=O)Nc3cc(C)ccc3C)oc2c1. The van der Waals surface area contributed by atoms with E-state index in [1.54, 1.807) is 25.3 Å². The lowest BCUT2D eigenvalue weighted by atomic mass is 10.1. The number of hydrogen-bond acceptors (Lipinski definition) is 4. The highest BCUT2D eigenvalue weighted by atomic mass is 16.5. The van der Waals surface area contributed by atoms with Gasteiger partial charge in [-0.25, -0.2) is 0 Å². The van der Waals surface area contributed by atoms with Gasteiger partial charge in [0.15, 0.2) is 5.43 Å². The molecule has 0 unspecified atom stereocenters. The van der Waals surface area contributed by atoms with E-state index in [1.165, 1.54) is 6.07 Å². The minimum atomic E-state index is -0.237. The van der Waals surface area contributed by atoms with Gasteiger partial charge in [0.2, 0.25) is 5.91 Å². The average Bonchev–Trinajstić information content (AvgIpc) is 2.57. The Bertz CT molecular complexity index is 1000. The van der Waals surface area contributed by atoms with Crippen LogP contribution in [0.1, 0.15) is 16.9 Å². The summed E-state index contributed by atoms with van der Waals surface area (Å²) in [6.45, 7) is 3.89. The summed E-state index contributed by atoms with van der Waals surface area (Å²) in [6, 6.07) is 12.2. The van der Waals surface area contributed by atoms with Gasteiger partial charge in [0, 0.05) is 17.8 Å². The van der Waals surface area contributed by atoms with Crippen molar-refractivity contribution >= 4 is 22.6 Å². The molecular formula is C20H19NO4. The van der Waals surface area contributed by atoms with Crippen molar-refractivity contribution in [1.29, 1.82) is 0 Å². The molecule has 0 aliphatic rings. The zero-order valence-electron chi connectivity index (χ0n) is 14.4. The molecule has 0 radical (unpaired) electrons. The first kappa shape index (κ1) is 16.8. The van der Waals surface area contributed by atoms with Gasteiger partial charge in [0.25, 0.3) is 0 Å². The Hall–Kier alpha value is -3.08. The van der Waals surface area contributed by atoms with E-state index in [1.807, 2.05) is 32.0 Å². The molecule has 0 aliphatic carbocycles. The second kappa shape index (κ2) is 6.81. The molecule has 0 spiro atoms. The minimum Gasteiger partial charge on any atom is -0.497 e. The summed E-state index contributed by atoms with van der Waals surface area (Å²) < 4.78 is 10.9. The maximum atomic E-state index is 12.3. The van der Waals surface area contributed by atoms with Gasteiger partial charge < -0.3 is 14.5 Å². The van der Waals surface area contributed by atoms with Crippen molar-refractivity contribution in [2.24, 2.45) is 0 Å². The van der Waals surface area contributed by atoms with Gasteiger partial charge in [-0.1, -0.05) is 12.1 Å². The summed E-state index contributed by atoms with van der Waals surface area (Å²) in [7, 11) is 1.54. The normalized spacial score (nSPS) is 10.7. The van der Waals surface area contributed by atoms with E-state index in [0.717, 1.165) is 16.8 Å². The molecule has 3 rings (SSSR count). The minimum absolute atomic E-state index is 0.0181. The average molecular weight is 337 g/mol. The molecule has 2 aromatic carbocycles. The Labute approximate surface area is 145 Å². The van der Waals surface area contributed by atoms with Crippen LogP contribution in [0.5, 0.6) is 5.75 Å². The standard InChI is InChI=1S/C20H19NO4/c1-12-4-5-13(2)17(8-12)21-20(23)11-15-9-18(22)16-7-6-14(24-3)10-19(16)25-15/h4-10H,11H2,1-3H3,(H,21,23). The van der Waals surface area contributed by atoms with E-state index in [2.05, 4.69) is 5.32 Å². The summed E-state index contributed by atoms with van der Waals surface area (Å²) >= 11 is 0. The summed E-state index contributed by atoms with van der Waals surface area (Å²) in [5.41, 5.74) is 3.02. The Kier molecular flexibility index (Phi) is 4.57. The van der Waals surface area contributed by atoms with Crippen LogP contribution in [0.25, 0.3) is 11.0 Å². The molecule has 25 heavy (non-hydrogen) atoms. The molecule has 5 heteroatoms. The van der Waals surface area contributed by atoms with Gasteiger partial charge >= 0.3 is 0 Å². The first-order valence-corrected chi connectivity index (χ1v) is 7.94. The molecule has 0 bridgehead atoms. The molecule has 1 N–H and O–H groups in total. The van der Waals surface area contributed by atoms with Crippen LogP contribution in [0.4, 0.5) is 5.69 Å². The van der Waals surface area contributed by atoms with Crippen LogP contribution >= 0.6 is 0 Å². The predicted octanol–water partition coefficient (Wildman–Crippen LogP) is 3.60. The van der Waals surface area contributed by atoms with Crippen LogP contribution in [-0.4, -0.2) is 13.0 Å². The Morgan fingerprint density at radius 2 is 1.92 bits per heavy atom. The number of ether oxygens (including phenoxy) is 1. The third-order valence-corrected chi connectivity index (χ3v) is 3.99. The second-order valence-electron chi connectivity index (χ2n) is 5.98. The Morgan fingerprint density at radius 3 is 2.68 bits per heavy atom. The van der Waals surface area contributed by atoms with Crippen molar-refractivity contribution in [1.82, 2.24) is 0 Å². The Morgan fingerprint density at radius 1 is 1.12 bits per heavy atom. The number of fused-ring (bicyclic) bond motifs is 1. The first-order chi connectivity index (χ1) is 12.0. The third-order valence-electron chi connectivity index (χ3n) is 3.99. The number of hydrogen-bond donors (Lipinski definition) is 1. The monoisotopic (exact) mass is 337 g/mol. The molecule has 0 fully saturated rings. The van der Waals surface area contributed by atoms with E-state index in [0.29, 0.717) is 22.5 Å². The molecule has 128 valence electrons.